The van der Waals surface area contributed by atoms with Gasteiger partial charge in [0.05, 0.1) is 17.3 Å². The first kappa shape index (κ1) is 11.5. The topological polar surface area (TPSA) is 37.6 Å². The summed E-state index contributed by atoms with van der Waals surface area (Å²) in [6.07, 6.45) is 5.65. The molecule has 94 valence electrons. The van der Waals surface area contributed by atoms with Gasteiger partial charge in [-0.3, -0.25) is 4.79 Å². The number of aromatic nitrogens is 2. The van der Waals surface area contributed by atoms with Crippen molar-refractivity contribution in [3.05, 3.63) is 36.2 Å². The fraction of sp³-hybridized carbons (Fsp3) is 0.385. The van der Waals surface area contributed by atoms with E-state index in [9.17, 15) is 4.79 Å². The second kappa shape index (κ2) is 4.61. The van der Waals surface area contributed by atoms with Crippen molar-refractivity contribution in [1.82, 2.24) is 14.5 Å². The average molecular weight is 264 g/mol. The Balaban J connectivity index is 1.95. The Morgan fingerprint density at radius 3 is 3.06 bits per heavy atom. The Bertz CT molecular complexity index is 576. The van der Waals surface area contributed by atoms with E-state index in [0.29, 0.717) is 24.0 Å². The Kier molecular flexibility index (Phi) is 2.96. The minimum atomic E-state index is 0.0411. The zero-order valence-electron chi connectivity index (χ0n) is 9.92. The van der Waals surface area contributed by atoms with Gasteiger partial charge < -0.3 is 4.90 Å². The lowest BCUT2D eigenvalue weighted by molar-refractivity contribution is 0.0755. The molecule has 0 N–H and O–H groups in total. The number of carbonyl (C=O) groups excluding carboxylic acids is 1. The third-order valence-electron chi connectivity index (χ3n) is 3.23. The predicted octanol–water partition coefficient (Wildman–Crippen LogP) is 2.18. The fourth-order valence-electron chi connectivity index (χ4n) is 2.18. The van der Waals surface area contributed by atoms with Crippen LogP contribution in [0.4, 0.5) is 0 Å². The summed E-state index contributed by atoms with van der Waals surface area (Å²) in [7, 11) is 0. The zero-order valence-corrected chi connectivity index (χ0v) is 10.7. The molecule has 0 spiro atoms. The van der Waals surface area contributed by atoms with Gasteiger partial charge in [-0.15, -0.1) is 11.6 Å². The molecule has 3 rings (SSSR count). The summed E-state index contributed by atoms with van der Waals surface area (Å²) in [4.78, 5) is 14.4. The minimum Gasteiger partial charge on any atom is -0.334 e. The third kappa shape index (κ3) is 1.97. The molecule has 0 unspecified atom stereocenters. The first-order chi connectivity index (χ1) is 8.81. The van der Waals surface area contributed by atoms with E-state index in [2.05, 4.69) is 5.10 Å². The van der Waals surface area contributed by atoms with E-state index in [1.807, 2.05) is 29.3 Å². The number of pyridine rings is 1. The van der Waals surface area contributed by atoms with Crippen molar-refractivity contribution in [2.45, 2.75) is 18.9 Å². The Labute approximate surface area is 110 Å². The van der Waals surface area contributed by atoms with E-state index in [-0.39, 0.29) is 5.91 Å². The molecular weight excluding hydrogens is 250 g/mol. The lowest BCUT2D eigenvalue weighted by Gasteiger charge is -2.20. The van der Waals surface area contributed by atoms with Gasteiger partial charge in [-0.1, -0.05) is 6.07 Å². The van der Waals surface area contributed by atoms with Crippen molar-refractivity contribution in [3.8, 4) is 0 Å². The lowest BCUT2D eigenvalue weighted by Crippen LogP contribution is -2.34. The second-order valence-corrected chi connectivity index (χ2v) is 4.89. The lowest BCUT2D eigenvalue weighted by atomic mass is 10.2. The molecule has 0 aliphatic heterocycles. The molecule has 2 aromatic rings. The normalized spacial score (nSPS) is 14.9. The first-order valence-corrected chi connectivity index (χ1v) is 6.64. The molecular formula is C13H14ClN3O. The Morgan fingerprint density at radius 1 is 1.50 bits per heavy atom. The molecule has 1 aliphatic rings. The van der Waals surface area contributed by atoms with Gasteiger partial charge >= 0.3 is 0 Å². The summed E-state index contributed by atoms with van der Waals surface area (Å²) in [5.41, 5.74) is 1.51. The number of fused-ring (bicyclic) bond motifs is 1. The summed E-state index contributed by atoms with van der Waals surface area (Å²) in [5.74, 6) is 0.515. The third-order valence-corrected chi connectivity index (χ3v) is 3.40. The van der Waals surface area contributed by atoms with Crippen molar-refractivity contribution >= 4 is 23.0 Å². The molecule has 0 radical (unpaired) electrons. The van der Waals surface area contributed by atoms with Gasteiger partial charge in [0.2, 0.25) is 0 Å². The molecule has 1 aliphatic carbocycles. The van der Waals surface area contributed by atoms with E-state index in [1.54, 1.807) is 10.7 Å². The van der Waals surface area contributed by atoms with Gasteiger partial charge in [0, 0.05) is 24.7 Å². The van der Waals surface area contributed by atoms with Crippen LogP contribution >= 0.6 is 11.6 Å². The quantitative estimate of drug-likeness (QED) is 0.793. The summed E-state index contributed by atoms with van der Waals surface area (Å²) in [6, 6.07) is 6.09. The molecule has 1 saturated carbocycles. The number of carbonyl (C=O) groups is 1. The number of amides is 1. The Morgan fingerprint density at radius 2 is 2.33 bits per heavy atom. The fourth-order valence-corrected chi connectivity index (χ4v) is 2.36. The van der Waals surface area contributed by atoms with Gasteiger partial charge in [-0.25, -0.2) is 4.52 Å². The predicted molar refractivity (Wildman–Crippen MR) is 70.0 cm³/mol. The van der Waals surface area contributed by atoms with Crippen LogP contribution in [0, 0.1) is 0 Å². The van der Waals surface area contributed by atoms with Crippen LogP contribution in [0.25, 0.3) is 5.52 Å². The van der Waals surface area contributed by atoms with Crippen LogP contribution in [-0.2, 0) is 0 Å². The van der Waals surface area contributed by atoms with Gasteiger partial charge in [-0.2, -0.15) is 5.10 Å². The molecule has 0 aromatic carbocycles. The number of alkyl halides is 1. The standard InChI is InChI=1S/C13H14ClN3O/c14-6-8-16(10-4-5-10)13(18)11-9-15-17-7-2-1-3-12(11)17/h1-3,7,9-10H,4-6,8H2. The monoisotopic (exact) mass is 263 g/mol. The van der Waals surface area contributed by atoms with Crippen LogP contribution in [0.15, 0.2) is 30.6 Å². The number of halogens is 1. The molecule has 0 saturated heterocycles. The van der Waals surface area contributed by atoms with E-state index in [4.69, 9.17) is 11.6 Å². The van der Waals surface area contributed by atoms with E-state index in [0.717, 1.165) is 18.4 Å². The van der Waals surface area contributed by atoms with Crippen LogP contribution < -0.4 is 0 Å². The summed E-state index contributed by atoms with van der Waals surface area (Å²) in [5, 5.41) is 4.20. The van der Waals surface area contributed by atoms with Crippen LogP contribution in [0.3, 0.4) is 0 Å². The van der Waals surface area contributed by atoms with E-state index in [1.165, 1.54) is 0 Å². The van der Waals surface area contributed by atoms with E-state index < -0.39 is 0 Å². The van der Waals surface area contributed by atoms with Crippen LogP contribution in [0.2, 0.25) is 0 Å². The number of nitrogens with zero attached hydrogens (tertiary/aromatic N) is 3. The van der Waals surface area contributed by atoms with Crippen LogP contribution in [0.5, 0.6) is 0 Å². The molecule has 5 heteroatoms. The average Bonchev–Trinajstić information content (AvgIpc) is 3.14. The molecule has 1 amide bonds. The number of rotatable bonds is 4. The second-order valence-electron chi connectivity index (χ2n) is 4.51. The maximum Gasteiger partial charge on any atom is 0.257 e. The SMILES string of the molecule is O=C(c1cnn2ccccc12)N(CCCl)C1CC1. The van der Waals surface area contributed by atoms with Crippen molar-refractivity contribution in [1.29, 1.82) is 0 Å². The highest BCUT2D eigenvalue weighted by Crippen LogP contribution is 2.28. The highest BCUT2D eigenvalue weighted by Gasteiger charge is 2.33. The van der Waals surface area contributed by atoms with Crippen molar-refractivity contribution in [2.24, 2.45) is 0 Å². The highest BCUT2D eigenvalue weighted by atomic mass is 35.5. The number of hydrogen-bond donors (Lipinski definition) is 0. The van der Waals surface area contributed by atoms with Gasteiger partial charge in [-0.05, 0) is 25.0 Å². The molecule has 2 heterocycles. The largest absolute Gasteiger partial charge is 0.334 e. The van der Waals surface area contributed by atoms with Gasteiger partial charge in [0.1, 0.15) is 0 Å². The highest BCUT2D eigenvalue weighted by molar-refractivity contribution is 6.18. The smallest absolute Gasteiger partial charge is 0.257 e. The van der Waals surface area contributed by atoms with Crippen molar-refractivity contribution in [2.75, 3.05) is 12.4 Å². The summed E-state index contributed by atoms with van der Waals surface area (Å²) < 4.78 is 1.72. The van der Waals surface area contributed by atoms with Gasteiger partial charge in [0.25, 0.3) is 5.91 Å². The van der Waals surface area contributed by atoms with Gasteiger partial charge in [0.15, 0.2) is 0 Å². The first-order valence-electron chi connectivity index (χ1n) is 6.10. The molecule has 4 nitrogen and oxygen atoms in total. The maximum absolute atomic E-state index is 12.5. The molecule has 0 atom stereocenters. The number of hydrogen-bond acceptors (Lipinski definition) is 2. The summed E-state index contributed by atoms with van der Waals surface area (Å²) >= 11 is 5.78. The van der Waals surface area contributed by atoms with Crippen LogP contribution in [0.1, 0.15) is 23.2 Å². The summed E-state index contributed by atoms with van der Waals surface area (Å²) in [6.45, 7) is 0.606. The Hall–Kier alpha value is -1.55. The molecule has 2 aromatic heterocycles. The zero-order chi connectivity index (χ0) is 12.5. The molecule has 1 fully saturated rings. The molecule has 18 heavy (non-hydrogen) atoms. The minimum absolute atomic E-state index is 0.0411. The molecule has 0 bridgehead atoms. The van der Waals surface area contributed by atoms with Crippen molar-refractivity contribution in [3.63, 3.8) is 0 Å². The van der Waals surface area contributed by atoms with Crippen LogP contribution in [-0.4, -0.2) is 38.9 Å². The van der Waals surface area contributed by atoms with E-state index >= 15 is 0 Å². The van der Waals surface area contributed by atoms with Crippen molar-refractivity contribution < 1.29 is 4.79 Å². The maximum atomic E-state index is 12.5.